The van der Waals surface area contributed by atoms with E-state index < -0.39 is 17.5 Å². The lowest BCUT2D eigenvalue weighted by molar-refractivity contribution is 0.411. The lowest BCUT2D eigenvalue weighted by atomic mass is 9.81. The molecule has 4 rings (SSSR count). The fourth-order valence-corrected chi connectivity index (χ4v) is 4.43. The Balaban J connectivity index is 1.51. The van der Waals surface area contributed by atoms with Gasteiger partial charge in [0, 0.05) is 16.7 Å². The standard InChI is InChI=1S/C30H22F3NS/c1-2-3-22-11-13-25-24(16-22)18-27(31)26(30(25)33)14-10-21-6-4-20(5-7-21)8-9-23-12-15-29(34-19-35)28(32)17-23/h4-7,12,15,17-18,22H,2-3,11,13,16H2,1H3. The van der Waals surface area contributed by atoms with Crippen LogP contribution in [-0.2, 0) is 12.8 Å². The maximum absolute atomic E-state index is 15.1. The second-order valence-electron chi connectivity index (χ2n) is 8.53. The molecule has 0 bridgehead atoms. The molecule has 1 aliphatic carbocycles. The third-order valence-electron chi connectivity index (χ3n) is 6.10. The summed E-state index contributed by atoms with van der Waals surface area (Å²) in [6.07, 6.45) is 4.44. The van der Waals surface area contributed by atoms with E-state index in [1.165, 1.54) is 18.2 Å². The molecular weight excluding hydrogens is 463 g/mol. The molecule has 0 aromatic heterocycles. The number of hydrogen-bond donors (Lipinski definition) is 0. The molecule has 0 spiro atoms. The molecule has 35 heavy (non-hydrogen) atoms. The number of nitrogens with zero attached hydrogens (tertiary/aromatic N) is 1. The van der Waals surface area contributed by atoms with Crippen molar-refractivity contribution in [3.05, 3.63) is 99.4 Å². The monoisotopic (exact) mass is 485 g/mol. The highest BCUT2D eigenvalue weighted by atomic mass is 32.1. The van der Waals surface area contributed by atoms with Gasteiger partial charge < -0.3 is 0 Å². The number of aliphatic imine (C=N–C) groups is 1. The van der Waals surface area contributed by atoms with Crippen molar-refractivity contribution in [3.63, 3.8) is 0 Å². The van der Waals surface area contributed by atoms with Gasteiger partial charge in [-0.05, 0) is 97.1 Å². The molecule has 3 aromatic rings. The van der Waals surface area contributed by atoms with E-state index in [0.29, 0.717) is 34.6 Å². The van der Waals surface area contributed by atoms with Gasteiger partial charge >= 0.3 is 0 Å². The van der Waals surface area contributed by atoms with Crippen LogP contribution in [0.25, 0.3) is 0 Å². The Kier molecular flexibility index (Phi) is 7.84. The fourth-order valence-electron chi connectivity index (χ4n) is 4.33. The van der Waals surface area contributed by atoms with E-state index in [9.17, 15) is 8.78 Å². The molecule has 0 fully saturated rings. The highest BCUT2D eigenvalue weighted by Gasteiger charge is 2.24. The van der Waals surface area contributed by atoms with Crippen LogP contribution >= 0.6 is 12.2 Å². The predicted molar refractivity (Wildman–Crippen MR) is 136 cm³/mol. The minimum Gasteiger partial charge on any atom is -0.206 e. The van der Waals surface area contributed by atoms with Crippen molar-refractivity contribution in [2.24, 2.45) is 10.9 Å². The van der Waals surface area contributed by atoms with E-state index in [2.05, 4.69) is 53.0 Å². The molecule has 0 amide bonds. The number of rotatable bonds is 3. The van der Waals surface area contributed by atoms with Gasteiger partial charge in [-0.25, -0.2) is 13.2 Å². The van der Waals surface area contributed by atoms with Crippen LogP contribution in [-0.4, -0.2) is 5.16 Å². The second-order valence-corrected chi connectivity index (χ2v) is 8.71. The zero-order valence-electron chi connectivity index (χ0n) is 19.2. The van der Waals surface area contributed by atoms with Crippen molar-refractivity contribution in [2.45, 2.75) is 39.0 Å². The van der Waals surface area contributed by atoms with Gasteiger partial charge in [0.2, 0.25) is 0 Å². The summed E-state index contributed by atoms with van der Waals surface area (Å²) >= 11 is 4.49. The third-order valence-corrected chi connectivity index (χ3v) is 6.19. The molecule has 0 saturated heterocycles. The lowest BCUT2D eigenvalue weighted by Crippen LogP contribution is -2.17. The van der Waals surface area contributed by atoms with Crippen molar-refractivity contribution < 1.29 is 13.2 Å². The average molecular weight is 486 g/mol. The molecule has 1 aliphatic rings. The molecule has 0 heterocycles. The fraction of sp³-hybridized carbons (Fsp3) is 0.233. The van der Waals surface area contributed by atoms with Gasteiger partial charge in [-0.1, -0.05) is 43.4 Å². The lowest BCUT2D eigenvalue weighted by Gasteiger charge is -2.25. The molecule has 1 nitrogen and oxygen atoms in total. The van der Waals surface area contributed by atoms with Gasteiger partial charge in [0.05, 0.1) is 10.7 Å². The van der Waals surface area contributed by atoms with Gasteiger partial charge in [-0.15, -0.1) is 0 Å². The zero-order valence-corrected chi connectivity index (χ0v) is 20.0. The number of benzene rings is 3. The first-order valence-corrected chi connectivity index (χ1v) is 11.9. The van der Waals surface area contributed by atoms with Crippen LogP contribution in [0.1, 0.15) is 59.6 Å². The van der Waals surface area contributed by atoms with Gasteiger partial charge in [0.1, 0.15) is 17.3 Å². The largest absolute Gasteiger partial charge is 0.206 e. The summed E-state index contributed by atoms with van der Waals surface area (Å²) < 4.78 is 43.6. The van der Waals surface area contributed by atoms with Crippen LogP contribution in [0, 0.1) is 47.1 Å². The summed E-state index contributed by atoms with van der Waals surface area (Å²) in [5, 5.41) is 2.13. The van der Waals surface area contributed by atoms with E-state index in [0.717, 1.165) is 31.2 Å². The summed E-state index contributed by atoms with van der Waals surface area (Å²) in [6.45, 7) is 2.13. The first-order valence-electron chi connectivity index (χ1n) is 11.5. The van der Waals surface area contributed by atoms with Crippen LogP contribution in [0.15, 0.2) is 53.5 Å². The molecule has 0 aliphatic heterocycles. The third kappa shape index (κ3) is 5.90. The Labute approximate surface area is 209 Å². The maximum atomic E-state index is 15.1. The number of thiocarbonyl (C=S) groups is 1. The van der Waals surface area contributed by atoms with Gasteiger partial charge in [0.25, 0.3) is 0 Å². The molecule has 1 atom stereocenters. The van der Waals surface area contributed by atoms with Crippen molar-refractivity contribution in [1.82, 2.24) is 0 Å². The van der Waals surface area contributed by atoms with E-state index in [4.69, 9.17) is 0 Å². The van der Waals surface area contributed by atoms with Gasteiger partial charge in [0.15, 0.2) is 5.82 Å². The Morgan fingerprint density at radius 1 is 0.886 bits per heavy atom. The Morgan fingerprint density at radius 2 is 1.54 bits per heavy atom. The van der Waals surface area contributed by atoms with Crippen LogP contribution < -0.4 is 0 Å². The minimum atomic E-state index is -0.608. The highest BCUT2D eigenvalue weighted by molar-refractivity contribution is 7.78. The molecule has 0 N–H and O–H groups in total. The molecule has 1 unspecified atom stereocenters. The Morgan fingerprint density at radius 3 is 2.20 bits per heavy atom. The van der Waals surface area contributed by atoms with Crippen LogP contribution in [0.4, 0.5) is 18.9 Å². The molecule has 174 valence electrons. The van der Waals surface area contributed by atoms with Gasteiger partial charge in [-0.2, -0.15) is 4.99 Å². The predicted octanol–water partition coefficient (Wildman–Crippen LogP) is 7.54. The van der Waals surface area contributed by atoms with E-state index in [1.807, 2.05) is 0 Å². The molecule has 0 radical (unpaired) electrons. The van der Waals surface area contributed by atoms with Crippen LogP contribution in [0.3, 0.4) is 0 Å². The number of fused-ring (bicyclic) bond motifs is 1. The second kappa shape index (κ2) is 11.2. The van der Waals surface area contributed by atoms with Crippen molar-refractivity contribution in [1.29, 1.82) is 0 Å². The summed E-state index contributed by atoms with van der Waals surface area (Å²) in [5.74, 6) is 10.2. The highest BCUT2D eigenvalue weighted by Crippen LogP contribution is 2.32. The van der Waals surface area contributed by atoms with Crippen LogP contribution in [0.2, 0.25) is 0 Å². The first-order chi connectivity index (χ1) is 17.0. The number of isothiocyanates is 1. The number of halogens is 3. The number of hydrogen-bond acceptors (Lipinski definition) is 2. The quantitative estimate of drug-likeness (QED) is 0.212. The normalized spacial score (nSPS) is 14.0. The topological polar surface area (TPSA) is 12.4 Å². The summed E-state index contributed by atoms with van der Waals surface area (Å²) in [6, 6.07) is 12.9. The van der Waals surface area contributed by atoms with Crippen molar-refractivity contribution >= 4 is 23.1 Å². The molecule has 3 aromatic carbocycles. The summed E-state index contributed by atoms with van der Waals surface area (Å²) in [5.41, 5.74) is 3.12. The van der Waals surface area contributed by atoms with Crippen molar-refractivity contribution in [3.8, 4) is 23.7 Å². The summed E-state index contributed by atoms with van der Waals surface area (Å²) in [7, 11) is 0. The Bertz CT molecular complexity index is 1430. The minimum absolute atomic E-state index is 0.112. The van der Waals surface area contributed by atoms with Crippen molar-refractivity contribution in [2.75, 3.05) is 0 Å². The maximum Gasteiger partial charge on any atom is 0.150 e. The first kappa shape index (κ1) is 24.5. The smallest absolute Gasteiger partial charge is 0.150 e. The molecule has 5 heteroatoms. The SMILES string of the molecule is CCCC1CCc2c(cc(F)c(C#Cc3ccc(C#Cc4ccc(N=C=S)c(F)c4)cc3)c2F)C1. The molecular formula is C30H22F3NS. The van der Waals surface area contributed by atoms with Gasteiger partial charge in [-0.3, -0.25) is 0 Å². The van der Waals surface area contributed by atoms with E-state index >= 15 is 4.39 Å². The Hall–Kier alpha value is -3.63. The average Bonchev–Trinajstić information content (AvgIpc) is 2.85. The zero-order chi connectivity index (χ0) is 24.8. The summed E-state index contributed by atoms with van der Waals surface area (Å²) in [4.78, 5) is 3.64. The molecule has 0 saturated carbocycles. The van der Waals surface area contributed by atoms with Crippen LogP contribution in [0.5, 0.6) is 0 Å². The van der Waals surface area contributed by atoms with E-state index in [1.54, 1.807) is 30.3 Å². The van der Waals surface area contributed by atoms with E-state index in [-0.39, 0.29) is 11.3 Å².